The standard InChI is InChI=1S/C29H50O3/c1-9-29(8,10-2)25(20-27(3,4)5)22-15-14-18-24(19-22)31-21-26(30)32-28(6,7)23-16-12-11-13-17-23/h14-15,18-19,23,25-26,30H,9-13,16-17,20-21H2,1-8H3. The monoisotopic (exact) mass is 446 g/mol. The molecule has 32 heavy (non-hydrogen) atoms. The molecule has 0 bridgehead atoms. The quantitative estimate of drug-likeness (QED) is 0.349. The number of ether oxygens (including phenoxy) is 2. The van der Waals surface area contributed by atoms with Crippen LogP contribution in [0, 0.1) is 16.7 Å². The number of aliphatic hydroxyl groups excluding tert-OH is 1. The third-order valence-electron chi connectivity index (χ3n) is 7.95. The van der Waals surface area contributed by atoms with Gasteiger partial charge >= 0.3 is 0 Å². The molecule has 0 amide bonds. The molecule has 0 spiro atoms. The maximum absolute atomic E-state index is 10.6. The number of rotatable bonds is 11. The van der Waals surface area contributed by atoms with Gasteiger partial charge < -0.3 is 14.6 Å². The molecule has 3 heteroatoms. The zero-order chi connectivity index (χ0) is 24.0. The molecule has 1 saturated carbocycles. The second-order valence-corrected chi connectivity index (χ2v) is 12.1. The summed E-state index contributed by atoms with van der Waals surface area (Å²) in [5.74, 6) is 1.79. The van der Waals surface area contributed by atoms with Crippen molar-refractivity contribution < 1.29 is 14.6 Å². The van der Waals surface area contributed by atoms with E-state index in [4.69, 9.17) is 9.47 Å². The molecule has 0 heterocycles. The zero-order valence-corrected chi connectivity index (χ0v) is 22.2. The second-order valence-electron chi connectivity index (χ2n) is 12.1. The minimum atomic E-state index is -0.919. The van der Waals surface area contributed by atoms with Crippen LogP contribution in [0.2, 0.25) is 0 Å². The Bertz CT molecular complexity index is 678. The molecule has 0 aliphatic heterocycles. The normalized spacial score (nSPS) is 18.4. The molecule has 0 saturated heterocycles. The SMILES string of the molecule is CCC(C)(CC)C(CC(C)(C)C)c1cccc(OCC(O)OC(C)(C)C2CCCCC2)c1. The molecule has 2 unspecified atom stereocenters. The Hall–Kier alpha value is -1.06. The maximum atomic E-state index is 10.6. The fraction of sp³-hybridized carbons (Fsp3) is 0.793. The van der Waals surface area contributed by atoms with E-state index in [1.165, 1.54) is 37.7 Å². The third kappa shape index (κ3) is 7.76. The lowest BCUT2D eigenvalue weighted by Gasteiger charge is -2.40. The van der Waals surface area contributed by atoms with Crippen molar-refractivity contribution in [2.45, 2.75) is 125 Å². The number of hydrogen-bond acceptors (Lipinski definition) is 3. The van der Waals surface area contributed by atoms with Crippen molar-refractivity contribution in [1.29, 1.82) is 0 Å². The van der Waals surface area contributed by atoms with Crippen molar-refractivity contribution >= 4 is 0 Å². The van der Waals surface area contributed by atoms with Gasteiger partial charge in [-0.3, -0.25) is 0 Å². The Morgan fingerprint density at radius 1 is 0.969 bits per heavy atom. The van der Waals surface area contributed by atoms with Crippen LogP contribution in [-0.2, 0) is 4.74 Å². The molecule has 2 atom stereocenters. The lowest BCUT2D eigenvalue weighted by atomic mass is 9.65. The predicted octanol–water partition coefficient (Wildman–Crippen LogP) is 8.11. The van der Waals surface area contributed by atoms with Crippen molar-refractivity contribution in [3.8, 4) is 5.75 Å². The first-order valence-corrected chi connectivity index (χ1v) is 13.0. The van der Waals surface area contributed by atoms with Gasteiger partial charge in [-0.05, 0) is 73.5 Å². The molecule has 184 valence electrons. The molecule has 1 N–H and O–H groups in total. The minimum absolute atomic E-state index is 0.155. The van der Waals surface area contributed by atoms with E-state index in [1.54, 1.807) is 0 Å². The van der Waals surface area contributed by atoms with Crippen molar-refractivity contribution in [3.63, 3.8) is 0 Å². The summed E-state index contributed by atoms with van der Waals surface area (Å²) in [4.78, 5) is 0. The summed E-state index contributed by atoms with van der Waals surface area (Å²) in [7, 11) is 0. The van der Waals surface area contributed by atoms with Gasteiger partial charge in [0.15, 0.2) is 6.29 Å². The first-order chi connectivity index (χ1) is 14.9. The molecular weight excluding hydrogens is 396 g/mol. The van der Waals surface area contributed by atoms with Gasteiger partial charge in [-0.1, -0.05) is 85.8 Å². The maximum Gasteiger partial charge on any atom is 0.189 e. The molecule has 3 nitrogen and oxygen atoms in total. The predicted molar refractivity (Wildman–Crippen MR) is 135 cm³/mol. The average Bonchev–Trinajstić information content (AvgIpc) is 2.75. The molecule has 1 aromatic carbocycles. The van der Waals surface area contributed by atoms with Crippen molar-refractivity contribution in [2.24, 2.45) is 16.7 Å². The fourth-order valence-corrected chi connectivity index (χ4v) is 5.39. The molecule has 0 radical (unpaired) electrons. The van der Waals surface area contributed by atoms with Crippen LogP contribution in [0.3, 0.4) is 0 Å². The topological polar surface area (TPSA) is 38.7 Å². The number of benzene rings is 1. The Balaban J connectivity index is 2.07. The van der Waals surface area contributed by atoms with Gasteiger partial charge in [-0.2, -0.15) is 0 Å². The van der Waals surface area contributed by atoms with Crippen LogP contribution >= 0.6 is 0 Å². The van der Waals surface area contributed by atoms with Crippen LogP contribution in [0.5, 0.6) is 5.75 Å². The van der Waals surface area contributed by atoms with Gasteiger partial charge in [0.1, 0.15) is 12.4 Å². The first kappa shape index (κ1) is 27.2. The highest BCUT2D eigenvalue weighted by molar-refractivity contribution is 5.32. The van der Waals surface area contributed by atoms with E-state index in [0.29, 0.717) is 11.8 Å². The average molecular weight is 447 g/mol. The summed E-state index contributed by atoms with van der Waals surface area (Å²) in [6.45, 7) is 18.4. The lowest BCUT2D eigenvalue weighted by Crippen LogP contribution is -2.41. The van der Waals surface area contributed by atoms with E-state index >= 15 is 0 Å². The summed E-state index contributed by atoms with van der Waals surface area (Å²) in [5, 5.41) is 10.6. The lowest BCUT2D eigenvalue weighted by molar-refractivity contribution is -0.205. The van der Waals surface area contributed by atoms with E-state index < -0.39 is 6.29 Å². The molecule has 0 aromatic heterocycles. The molecule has 2 rings (SSSR count). The summed E-state index contributed by atoms with van der Waals surface area (Å²) < 4.78 is 12.1. The van der Waals surface area contributed by atoms with E-state index in [2.05, 4.69) is 73.6 Å². The largest absolute Gasteiger partial charge is 0.488 e. The molecule has 1 aromatic rings. The van der Waals surface area contributed by atoms with Gasteiger partial charge in [0, 0.05) is 0 Å². The fourth-order valence-electron chi connectivity index (χ4n) is 5.39. The highest BCUT2D eigenvalue weighted by atomic mass is 16.6. The minimum Gasteiger partial charge on any atom is -0.488 e. The van der Waals surface area contributed by atoms with Crippen LogP contribution in [0.25, 0.3) is 0 Å². The van der Waals surface area contributed by atoms with Gasteiger partial charge in [0.25, 0.3) is 0 Å². The Kier molecular flexibility index (Phi) is 9.67. The number of aliphatic hydroxyl groups is 1. The Morgan fingerprint density at radius 3 is 2.16 bits per heavy atom. The van der Waals surface area contributed by atoms with Crippen LogP contribution in [0.15, 0.2) is 24.3 Å². The summed E-state index contributed by atoms with van der Waals surface area (Å²) >= 11 is 0. The van der Waals surface area contributed by atoms with E-state index in [0.717, 1.165) is 25.0 Å². The smallest absolute Gasteiger partial charge is 0.189 e. The molecule has 1 aliphatic rings. The molecule has 1 aliphatic carbocycles. The van der Waals surface area contributed by atoms with Crippen LogP contribution in [0.4, 0.5) is 0 Å². The molecular formula is C29H50O3. The van der Waals surface area contributed by atoms with E-state index in [1.807, 2.05) is 6.07 Å². The van der Waals surface area contributed by atoms with Crippen LogP contribution in [-0.4, -0.2) is 23.6 Å². The van der Waals surface area contributed by atoms with Crippen LogP contribution in [0.1, 0.15) is 118 Å². The van der Waals surface area contributed by atoms with E-state index in [-0.39, 0.29) is 23.0 Å². The van der Waals surface area contributed by atoms with E-state index in [9.17, 15) is 5.11 Å². The van der Waals surface area contributed by atoms with Gasteiger partial charge in [0.05, 0.1) is 5.60 Å². The third-order valence-corrected chi connectivity index (χ3v) is 7.95. The Morgan fingerprint density at radius 2 is 1.59 bits per heavy atom. The van der Waals surface area contributed by atoms with Crippen molar-refractivity contribution in [2.75, 3.05) is 6.61 Å². The van der Waals surface area contributed by atoms with Crippen molar-refractivity contribution in [1.82, 2.24) is 0 Å². The summed E-state index contributed by atoms with van der Waals surface area (Å²) in [5.41, 5.74) is 1.51. The summed E-state index contributed by atoms with van der Waals surface area (Å²) in [6.07, 6.45) is 8.74. The van der Waals surface area contributed by atoms with Gasteiger partial charge in [-0.15, -0.1) is 0 Å². The van der Waals surface area contributed by atoms with Crippen LogP contribution < -0.4 is 4.74 Å². The second kappa shape index (κ2) is 11.4. The van der Waals surface area contributed by atoms with Gasteiger partial charge in [0.2, 0.25) is 0 Å². The summed E-state index contributed by atoms with van der Waals surface area (Å²) in [6, 6.07) is 8.50. The number of hydrogen-bond donors (Lipinski definition) is 1. The first-order valence-electron chi connectivity index (χ1n) is 13.0. The van der Waals surface area contributed by atoms with Gasteiger partial charge in [-0.25, -0.2) is 0 Å². The zero-order valence-electron chi connectivity index (χ0n) is 22.2. The molecule has 1 fully saturated rings. The van der Waals surface area contributed by atoms with Crippen molar-refractivity contribution in [3.05, 3.63) is 29.8 Å². The highest BCUT2D eigenvalue weighted by Gasteiger charge is 2.36. The Labute approximate surface area is 198 Å². The highest BCUT2D eigenvalue weighted by Crippen LogP contribution is 2.48.